The maximum atomic E-state index is 5.49. The third-order valence-electron chi connectivity index (χ3n) is 2.13. The summed E-state index contributed by atoms with van der Waals surface area (Å²) in [4.78, 5) is 0. The van der Waals surface area contributed by atoms with Crippen molar-refractivity contribution in [3.63, 3.8) is 0 Å². The molecule has 2 heteroatoms. The Kier molecular flexibility index (Phi) is 3.16. The molecule has 1 fully saturated rings. The van der Waals surface area contributed by atoms with Crippen LogP contribution in [0.3, 0.4) is 0 Å². The van der Waals surface area contributed by atoms with Crippen LogP contribution in [-0.2, 0) is 4.74 Å². The van der Waals surface area contributed by atoms with Gasteiger partial charge in [-0.3, -0.25) is 0 Å². The van der Waals surface area contributed by atoms with Gasteiger partial charge >= 0.3 is 0 Å². The molecule has 1 aliphatic heterocycles. The Bertz CT molecular complexity index is 89.3. The molecule has 0 aromatic carbocycles. The molecule has 0 aromatic heterocycles. The first-order chi connectivity index (χ1) is 4.83. The molecular weight excluding hydrogens is 126 g/mol. The highest BCUT2D eigenvalue weighted by Crippen LogP contribution is 2.16. The van der Waals surface area contributed by atoms with Crippen LogP contribution in [0.4, 0.5) is 0 Å². The summed E-state index contributed by atoms with van der Waals surface area (Å²) in [5.41, 5.74) is 0. The second kappa shape index (κ2) is 3.94. The molecule has 2 atom stereocenters. The van der Waals surface area contributed by atoms with Crippen LogP contribution in [0.1, 0.15) is 26.2 Å². The van der Waals surface area contributed by atoms with E-state index in [-0.39, 0.29) is 0 Å². The zero-order valence-corrected chi connectivity index (χ0v) is 6.89. The topological polar surface area (TPSA) is 21.3 Å². The lowest BCUT2D eigenvalue weighted by Crippen LogP contribution is -2.26. The predicted molar refractivity (Wildman–Crippen MR) is 42.1 cm³/mol. The van der Waals surface area contributed by atoms with E-state index in [9.17, 15) is 0 Å². The summed E-state index contributed by atoms with van der Waals surface area (Å²) >= 11 is 0. The van der Waals surface area contributed by atoms with Crippen LogP contribution in [0.2, 0.25) is 0 Å². The quantitative estimate of drug-likeness (QED) is 0.640. The fourth-order valence-electron chi connectivity index (χ4n) is 1.34. The SMILES string of the molecule is CNC(C)CC1CCCO1. The van der Waals surface area contributed by atoms with Crippen LogP contribution in [0.5, 0.6) is 0 Å². The van der Waals surface area contributed by atoms with Crippen LogP contribution in [-0.4, -0.2) is 25.8 Å². The van der Waals surface area contributed by atoms with E-state index in [1.807, 2.05) is 7.05 Å². The zero-order chi connectivity index (χ0) is 7.40. The van der Waals surface area contributed by atoms with E-state index in [0.717, 1.165) is 13.0 Å². The molecule has 2 unspecified atom stereocenters. The monoisotopic (exact) mass is 143 g/mol. The molecule has 2 nitrogen and oxygen atoms in total. The first-order valence-electron chi connectivity index (χ1n) is 4.12. The van der Waals surface area contributed by atoms with E-state index in [2.05, 4.69) is 12.2 Å². The molecule has 60 valence electrons. The summed E-state index contributed by atoms with van der Waals surface area (Å²) in [7, 11) is 2.00. The maximum absolute atomic E-state index is 5.49. The van der Waals surface area contributed by atoms with Crippen molar-refractivity contribution in [3.8, 4) is 0 Å². The van der Waals surface area contributed by atoms with Crippen molar-refractivity contribution in [3.05, 3.63) is 0 Å². The smallest absolute Gasteiger partial charge is 0.0590 e. The normalized spacial score (nSPS) is 28.8. The number of nitrogens with one attached hydrogen (secondary N) is 1. The van der Waals surface area contributed by atoms with Crippen LogP contribution < -0.4 is 5.32 Å². The van der Waals surface area contributed by atoms with Gasteiger partial charge in [-0.1, -0.05) is 0 Å². The fraction of sp³-hybridized carbons (Fsp3) is 1.00. The Morgan fingerprint density at radius 3 is 3.00 bits per heavy atom. The average molecular weight is 143 g/mol. The third-order valence-corrected chi connectivity index (χ3v) is 2.13. The Balaban J connectivity index is 2.11. The van der Waals surface area contributed by atoms with Gasteiger partial charge in [-0.15, -0.1) is 0 Å². The summed E-state index contributed by atoms with van der Waals surface area (Å²) < 4.78 is 5.49. The van der Waals surface area contributed by atoms with Gasteiger partial charge in [-0.25, -0.2) is 0 Å². The van der Waals surface area contributed by atoms with Gasteiger partial charge in [0.05, 0.1) is 6.10 Å². The lowest BCUT2D eigenvalue weighted by molar-refractivity contribution is 0.0971. The lowest BCUT2D eigenvalue weighted by atomic mass is 10.1. The number of hydrogen-bond donors (Lipinski definition) is 1. The number of ether oxygens (including phenoxy) is 1. The van der Waals surface area contributed by atoms with Gasteiger partial charge < -0.3 is 10.1 Å². The van der Waals surface area contributed by atoms with E-state index >= 15 is 0 Å². The van der Waals surface area contributed by atoms with Gasteiger partial charge in [-0.2, -0.15) is 0 Å². The predicted octanol–water partition coefficient (Wildman–Crippen LogP) is 1.16. The van der Waals surface area contributed by atoms with Crippen LogP contribution in [0, 0.1) is 0 Å². The molecule has 1 N–H and O–H groups in total. The minimum Gasteiger partial charge on any atom is -0.378 e. The first-order valence-corrected chi connectivity index (χ1v) is 4.12. The maximum Gasteiger partial charge on any atom is 0.0590 e. The van der Waals surface area contributed by atoms with Gasteiger partial charge in [0, 0.05) is 12.6 Å². The molecule has 0 saturated carbocycles. The molecule has 0 spiro atoms. The minimum absolute atomic E-state index is 0.530. The van der Waals surface area contributed by atoms with Gasteiger partial charge in [0.1, 0.15) is 0 Å². The Labute approximate surface area is 63.0 Å². The Morgan fingerprint density at radius 1 is 1.70 bits per heavy atom. The molecule has 1 saturated heterocycles. The highest BCUT2D eigenvalue weighted by Gasteiger charge is 2.16. The van der Waals surface area contributed by atoms with Crippen LogP contribution in [0.25, 0.3) is 0 Å². The fourth-order valence-corrected chi connectivity index (χ4v) is 1.34. The summed E-state index contributed by atoms with van der Waals surface area (Å²) in [6, 6.07) is 0.600. The molecule has 1 rings (SSSR count). The van der Waals surface area contributed by atoms with Gasteiger partial charge in [0.2, 0.25) is 0 Å². The molecule has 10 heavy (non-hydrogen) atoms. The van der Waals surface area contributed by atoms with E-state index < -0.39 is 0 Å². The number of rotatable bonds is 3. The number of hydrogen-bond acceptors (Lipinski definition) is 2. The largest absolute Gasteiger partial charge is 0.378 e. The molecule has 0 radical (unpaired) electrons. The van der Waals surface area contributed by atoms with Gasteiger partial charge in [0.15, 0.2) is 0 Å². The van der Waals surface area contributed by atoms with Crippen molar-refractivity contribution in [1.29, 1.82) is 0 Å². The Morgan fingerprint density at radius 2 is 2.50 bits per heavy atom. The molecule has 1 heterocycles. The summed E-state index contributed by atoms with van der Waals surface area (Å²) in [5.74, 6) is 0. The van der Waals surface area contributed by atoms with Crippen molar-refractivity contribution in [2.45, 2.75) is 38.3 Å². The van der Waals surface area contributed by atoms with Crippen molar-refractivity contribution in [1.82, 2.24) is 5.32 Å². The molecule has 0 bridgehead atoms. The summed E-state index contributed by atoms with van der Waals surface area (Å²) in [6.07, 6.45) is 4.20. The highest BCUT2D eigenvalue weighted by atomic mass is 16.5. The van der Waals surface area contributed by atoms with Crippen molar-refractivity contribution in [2.75, 3.05) is 13.7 Å². The second-order valence-electron chi connectivity index (χ2n) is 3.06. The van der Waals surface area contributed by atoms with E-state index in [1.165, 1.54) is 12.8 Å². The minimum atomic E-state index is 0.530. The highest BCUT2D eigenvalue weighted by molar-refractivity contribution is 4.70. The standard InChI is InChI=1S/C8H17NO/c1-7(9-2)6-8-4-3-5-10-8/h7-9H,3-6H2,1-2H3. The van der Waals surface area contributed by atoms with Crippen molar-refractivity contribution < 1.29 is 4.74 Å². The molecule has 1 aliphatic rings. The van der Waals surface area contributed by atoms with E-state index in [0.29, 0.717) is 12.1 Å². The van der Waals surface area contributed by atoms with E-state index in [1.54, 1.807) is 0 Å². The molecule has 0 aromatic rings. The van der Waals surface area contributed by atoms with Crippen LogP contribution in [0.15, 0.2) is 0 Å². The third kappa shape index (κ3) is 2.27. The summed E-state index contributed by atoms with van der Waals surface area (Å²) in [5, 5.41) is 3.21. The first kappa shape index (κ1) is 8.02. The molecule has 0 amide bonds. The zero-order valence-electron chi connectivity index (χ0n) is 6.89. The van der Waals surface area contributed by atoms with Gasteiger partial charge in [0.25, 0.3) is 0 Å². The second-order valence-corrected chi connectivity index (χ2v) is 3.06. The Hall–Kier alpha value is -0.0800. The van der Waals surface area contributed by atoms with Crippen molar-refractivity contribution >= 4 is 0 Å². The van der Waals surface area contributed by atoms with Crippen molar-refractivity contribution in [2.24, 2.45) is 0 Å². The van der Waals surface area contributed by atoms with Crippen LogP contribution >= 0.6 is 0 Å². The molecular formula is C8H17NO. The van der Waals surface area contributed by atoms with E-state index in [4.69, 9.17) is 4.74 Å². The average Bonchev–Trinajstić information content (AvgIpc) is 2.40. The van der Waals surface area contributed by atoms with Gasteiger partial charge in [-0.05, 0) is 33.2 Å². The summed E-state index contributed by atoms with van der Waals surface area (Å²) in [6.45, 7) is 3.17. The lowest BCUT2D eigenvalue weighted by Gasteiger charge is -2.14. The molecule has 0 aliphatic carbocycles.